The van der Waals surface area contributed by atoms with Crippen molar-refractivity contribution in [2.45, 2.75) is 45.2 Å². The molecule has 108 valence electrons. The van der Waals surface area contributed by atoms with Gasteiger partial charge in [-0.3, -0.25) is 4.90 Å². The molecule has 0 aromatic carbocycles. The van der Waals surface area contributed by atoms with Gasteiger partial charge in [0.05, 0.1) is 12.7 Å². The summed E-state index contributed by atoms with van der Waals surface area (Å²) in [6.07, 6.45) is 7.22. The monoisotopic (exact) mass is 275 g/mol. The van der Waals surface area contributed by atoms with Crippen LogP contribution in [0.15, 0.2) is 23.2 Å². The zero-order valence-corrected chi connectivity index (χ0v) is 12.1. The van der Waals surface area contributed by atoms with E-state index in [1.165, 1.54) is 0 Å². The van der Waals surface area contributed by atoms with E-state index in [9.17, 15) is 0 Å². The smallest absolute Gasteiger partial charge is 0.197 e. The second-order valence-electron chi connectivity index (χ2n) is 5.64. The van der Waals surface area contributed by atoms with Gasteiger partial charge in [-0.25, -0.2) is 14.6 Å². The van der Waals surface area contributed by atoms with E-state index in [4.69, 9.17) is 4.42 Å². The molecule has 0 saturated carbocycles. The third-order valence-corrected chi connectivity index (χ3v) is 3.89. The zero-order valence-electron chi connectivity index (χ0n) is 12.1. The third kappa shape index (κ3) is 2.75. The lowest BCUT2D eigenvalue weighted by Gasteiger charge is -2.30. The van der Waals surface area contributed by atoms with Crippen LogP contribution in [-0.2, 0) is 6.54 Å². The maximum Gasteiger partial charge on any atom is 0.197 e. The van der Waals surface area contributed by atoms with Gasteiger partial charge in [0.1, 0.15) is 18.4 Å². The van der Waals surface area contributed by atoms with Crippen molar-refractivity contribution in [2.24, 2.45) is 0 Å². The number of hydrogen-bond donors (Lipinski definition) is 0. The van der Waals surface area contributed by atoms with Gasteiger partial charge in [-0.1, -0.05) is 0 Å². The molecular weight excluding hydrogens is 254 g/mol. The highest BCUT2D eigenvalue weighted by atomic mass is 16.3. The molecule has 0 unspecified atom stereocenters. The lowest BCUT2D eigenvalue weighted by molar-refractivity contribution is 0.185. The first-order chi connectivity index (χ1) is 9.74. The van der Waals surface area contributed by atoms with E-state index in [0.717, 1.165) is 44.2 Å². The fourth-order valence-corrected chi connectivity index (χ4v) is 2.79. The van der Waals surface area contributed by atoms with Crippen LogP contribution >= 0.6 is 0 Å². The number of hydrogen-bond acceptors (Lipinski definition) is 5. The highest BCUT2D eigenvalue weighted by molar-refractivity contribution is 4.96. The number of likely N-dealkylation sites (tertiary alicyclic amines) is 1. The summed E-state index contributed by atoms with van der Waals surface area (Å²) >= 11 is 0. The minimum absolute atomic E-state index is 0.359. The average molecular weight is 275 g/mol. The van der Waals surface area contributed by atoms with Crippen molar-refractivity contribution in [3.63, 3.8) is 0 Å². The molecule has 1 aliphatic rings. The molecule has 6 nitrogen and oxygen atoms in total. The molecular formula is C14H21N5O. The van der Waals surface area contributed by atoms with Gasteiger partial charge in [-0.15, -0.1) is 0 Å². The van der Waals surface area contributed by atoms with Gasteiger partial charge in [0, 0.05) is 12.0 Å². The Bertz CT molecular complexity index is 526. The molecule has 0 amide bonds. The summed E-state index contributed by atoms with van der Waals surface area (Å²) in [5.41, 5.74) is 0. The number of oxazole rings is 1. The molecule has 3 rings (SSSR count). The molecule has 2 aromatic heterocycles. The Morgan fingerprint density at radius 2 is 2.10 bits per heavy atom. The second-order valence-corrected chi connectivity index (χ2v) is 5.64. The van der Waals surface area contributed by atoms with Gasteiger partial charge in [-0.2, -0.15) is 5.10 Å². The van der Waals surface area contributed by atoms with Crippen molar-refractivity contribution in [3.8, 4) is 0 Å². The van der Waals surface area contributed by atoms with Crippen LogP contribution in [-0.4, -0.2) is 37.7 Å². The summed E-state index contributed by atoms with van der Waals surface area (Å²) in [7, 11) is 0. The molecule has 0 bridgehead atoms. The number of rotatable bonds is 4. The lowest BCUT2D eigenvalue weighted by Crippen LogP contribution is -2.33. The highest BCUT2D eigenvalue weighted by Gasteiger charge is 2.24. The van der Waals surface area contributed by atoms with Crippen molar-refractivity contribution < 1.29 is 4.42 Å². The molecule has 20 heavy (non-hydrogen) atoms. The quantitative estimate of drug-likeness (QED) is 0.856. The van der Waals surface area contributed by atoms with Crippen LogP contribution in [0.3, 0.4) is 0 Å². The van der Waals surface area contributed by atoms with Crippen LogP contribution in [0.2, 0.25) is 0 Å². The molecule has 0 spiro atoms. The molecule has 2 aromatic rings. The van der Waals surface area contributed by atoms with E-state index in [-0.39, 0.29) is 0 Å². The zero-order chi connectivity index (χ0) is 13.9. The largest absolute Gasteiger partial charge is 0.449 e. The summed E-state index contributed by atoms with van der Waals surface area (Å²) in [6, 6.07) is 0.359. The van der Waals surface area contributed by atoms with Crippen LogP contribution in [0.4, 0.5) is 0 Å². The van der Waals surface area contributed by atoms with E-state index in [2.05, 4.69) is 33.8 Å². The van der Waals surface area contributed by atoms with E-state index in [1.807, 2.05) is 4.68 Å². The Balaban J connectivity index is 1.57. The molecule has 0 aliphatic carbocycles. The Morgan fingerprint density at radius 1 is 1.30 bits per heavy atom. The van der Waals surface area contributed by atoms with Crippen molar-refractivity contribution in [2.75, 3.05) is 13.1 Å². The highest BCUT2D eigenvalue weighted by Crippen LogP contribution is 2.27. The maximum absolute atomic E-state index is 5.41. The fourth-order valence-electron chi connectivity index (χ4n) is 2.79. The molecule has 3 heterocycles. The molecule has 0 atom stereocenters. The first-order valence-corrected chi connectivity index (χ1v) is 7.24. The van der Waals surface area contributed by atoms with Crippen molar-refractivity contribution in [1.29, 1.82) is 0 Å². The minimum atomic E-state index is 0.359. The van der Waals surface area contributed by atoms with E-state index < -0.39 is 0 Å². The van der Waals surface area contributed by atoms with E-state index in [0.29, 0.717) is 12.0 Å². The van der Waals surface area contributed by atoms with E-state index in [1.54, 1.807) is 18.8 Å². The normalized spacial score (nSPS) is 17.9. The lowest BCUT2D eigenvalue weighted by atomic mass is 9.97. The summed E-state index contributed by atoms with van der Waals surface area (Å²) in [5, 5.41) is 4.29. The first kappa shape index (κ1) is 13.3. The number of aromatic nitrogens is 4. The standard InChI is InChI=1S/C14H21N5O/c1-11(2)19-13(16-10-17-19)9-18-6-3-12(4-7-18)14-15-5-8-20-14/h5,8,10-12H,3-4,6-7,9H2,1-2H3. The molecule has 0 N–H and O–H groups in total. The number of piperidine rings is 1. The van der Waals surface area contributed by atoms with Gasteiger partial charge < -0.3 is 4.42 Å². The van der Waals surface area contributed by atoms with Crippen molar-refractivity contribution >= 4 is 0 Å². The van der Waals surface area contributed by atoms with Crippen LogP contribution in [0.1, 0.15) is 50.4 Å². The van der Waals surface area contributed by atoms with E-state index >= 15 is 0 Å². The summed E-state index contributed by atoms with van der Waals surface area (Å²) in [5.74, 6) is 2.40. The minimum Gasteiger partial charge on any atom is -0.449 e. The molecule has 6 heteroatoms. The third-order valence-electron chi connectivity index (χ3n) is 3.89. The Kier molecular flexibility index (Phi) is 3.82. The first-order valence-electron chi connectivity index (χ1n) is 7.24. The molecule has 1 fully saturated rings. The van der Waals surface area contributed by atoms with Crippen molar-refractivity contribution in [3.05, 3.63) is 30.5 Å². The summed E-state index contributed by atoms with van der Waals surface area (Å²) < 4.78 is 7.41. The van der Waals surface area contributed by atoms with Gasteiger partial charge in [0.25, 0.3) is 0 Å². The summed E-state index contributed by atoms with van der Waals surface area (Å²) in [4.78, 5) is 11.1. The number of nitrogens with zero attached hydrogens (tertiary/aromatic N) is 5. The Labute approximate surface area is 118 Å². The summed E-state index contributed by atoms with van der Waals surface area (Å²) in [6.45, 7) is 7.24. The second kappa shape index (κ2) is 5.75. The maximum atomic E-state index is 5.41. The predicted octanol–water partition coefficient (Wildman–Crippen LogP) is 2.23. The van der Waals surface area contributed by atoms with Gasteiger partial charge in [-0.05, 0) is 39.8 Å². The average Bonchev–Trinajstić information content (AvgIpc) is 3.10. The van der Waals surface area contributed by atoms with Gasteiger partial charge in [0.15, 0.2) is 5.89 Å². The topological polar surface area (TPSA) is 60.0 Å². The molecule has 1 aliphatic heterocycles. The van der Waals surface area contributed by atoms with Crippen LogP contribution in [0, 0.1) is 0 Å². The van der Waals surface area contributed by atoms with Crippen LogP contribution < -0.4 is 0 Å². The Hall–Kier alpha value is -1.69. The van der Waals surface area contributed by atoms with Crippen LogP contribution in [0.25, 0.3) is 0 Å². The van der Waals surface area contributed by atoms with Gasteiger partial charge in [0.2, 0.25) is 0 Å². The Morgan fingerprint density at radius 3 is 2.75 bits per heavy atom. The fraction of sp³-hybridized carbons (Fsp3) is 0.643. The predicted molar refractivity (Wildman–Crippen MR) is 74.2 cm³/mol. The SMILES string of the molecule is CC(C)n1ncnc1CN1CCC(c2ncco2)CC1. The van der Waals surface area contributed by atoms with Gasteiger partial charge >= 0.3 is 0 Å². The molecule has 1 saturated heterocycles. The molecule has 0 radical (unpaired) electrons. The van der Waals surface area contributed by atoms with Crippen LogP contribution in [0.5, 0.6) is 0 Å². The van der Waals surface area contributed by atoms with Crippen molar-refractivity contribution in [1.82, 2.24) is 24.6 Å².